The maximum Gasteiger partial charge on any atom is 0.253 e. The first kappa shape index (κ1) is 16.4. The van der Waals surface area contributed by atoms with Crippen LogP contribution in [0.5, 0.6) is 5.75 Å². The lowest BCUT2D eigenvalue weighted by Crippen LogP contribution is -2.40. The highest BCUT2D eigenvalue weighted by molar-refractivity contribution is 5.94. The van der Waals surface area contributed by atoms with E-state index in [9.17, 15) is 9.18 Å². The second-order valence-electron chi connectivity index (χ2n) is 6.13. The van der Waals surface area contributed by atoms with Gasteiger partial charge < -0.3 is 9.64 Å². The third-order valence-corrected chi connectivity index (χ3v) is 4.43. The van der Waals surface area contributed by atoms with Crippen molar-refractivity contribution in [3.8, 4) is 5.75 Å². The Morgan fingerprint density at radius 1 is 1.38 bits per heavy atom. The summed E-state index contributed by atoms with van der Waals surface area (Å²) in [6, 6.07) is 10.3. The molecule has 0 spiro atoms. The van der Waals surface area contributed by atoms with Crippen LogP contribution >= 0.6 is 0 Å². The maximum absolute atomic E-state index is 13.8. The van der Waals surface area contributed by atoms with Crippen LogP contribution in [0.4, 0.5) is 4.39 Å². The zero-order valence-electron chi connectivity index (χ0n) is 13.7. The Labute approximate surface area is 141 Å². The molecule has 0 unspecified atom stereocenters. The van der Waals surface area contributed by atoms with Crippen LogP contribution in [0.1, 0.15) is 28.9 Å². The SMILES string of the molecule is COc1ccc(C(=O)N2CCC[C@H](Cc3ccccn3)C2)cc1F. The Kier molecular flexibility index (Phi) is 5.08. The number of methoxy groups -OCH3 is 1. The van der Waals surface area contributed by atoms with Gasteiger partial charge in [0.25, 0.3) is 5.91 Å². The lowest BCUT2D eigenvalue weighted by atomic mass is 9.92. The summed E-state index contributed by atoms with van der Waals surface area (Å²) in [7, 11) is 1.41. The van der Waals surface area contributed by atoms with Crippen LogP contribution in [0.15, 0.2) is 42.6 Å². The molecular formula is C19H21FN2O2. The van der Waals surface area contributed by atoms with E-state index >= 15 is 0 Å². The van der Waals surface area contributed by atoms with Gasteiger partial charge in [-0.25, -0.2) is 4.39 Å². The standard InChI is InChI=1S/C19H21FN2O2/c1-24-18-8-7-15(12-17(18)20)19(23)22-10-4-5-14(13-22)11-16-6-2-3-9-21-16/h2-3,6-9,12,14H,4-5,10-11,13H2,1H3/t14-/m1/s1. The monoisotopic (exact) mass is 328 g/mol. The Hall–Kier alpha value is -2.43. The van der Waals surface area contributed by atoms with Gasteiger partial charge in [0.15, 0.2) is 11.6 Å². The first-order valence-electron chi connectivity index (χ1n) is 8.20. The summed E-state index contributed by atoms with van der Waals surface area (Å²) < 4.78 is 18.7. The number of rotatable bonds is 4. The summed E-state index contributed by atoms with van der Waals surface area (Å²) in [5.74, 6) is -0.0911. The van der Waals surface area contributed by atoms with E-state index in [1.54, 1.807) is 12.3 Å². The molecule has 1 fully saturated rings. The molecule has 0 N–H and O–H groups in total. The summed E-state index contributed by atoms with van der Waals surface area (Å²) in [5, 5.41) is 0. The number of aromatic nitrogens is 1. The van der Waals surface area contributed by atoms with E-state index in [2.05, 4.69) is 4.98 Å². The van der Waals surface area contributed by atoms with E-state index in [0.29, 0.717) is 24.6 Å². The van der Waals surface area contributed by atoms with Gasteiger partial charge in [0.2, 0.25) is 0 Å². The molecule has 1 saturated heterocycles. The van der Waals surface area contributed by atoms with Crippen molar-refractivity contribution in [1.29, 1.82) is 0 Å². The van der Waals surface area contributed by atoms with E-state index < -0.39 is 5.82 Å². The number of benzene rings is 1. The van der Waals surface area contributed by atoms with Gasteiger partial charge in [0.05, 0.1) is 7.11 Å². The molecule has 1 aliphatic heterocycles. The molecule has 0 radical (unpaired) electrons. The summed E-state index contributed by atoms with van der Waals surface area (Å²) in [6.45, 7) is 1.40. The molecule has 1 atom stereocenters. The molecule has 2 heterocycles. The third kappa shape index (κ3) is 3.72. The number of hydrogen-bond acceptors (Lipinski definition) is 3. The molecule has 24 heavy (non-hydrogen) atoms. The molecule has 1 aromatic carbocycles. The summed E-state index contributed by atoms with van der Waals surface area (Å²) in [6.07, 6.45) is 4.70. The van der Waals surface area contributed by atoms with Crippen molar-refractivity contribution in [2.75, 3.05) is 20.2 Å². The normalized spacial score (nSPS) is 17.6. The zero-order chi connectivity index (χ0) is 16.9. The number of carbonyl (C=O) groups excluding carboxylic acids is 1. The van der Waals surface area contributed by atoms with Gasteiger partial charge >= 0.3 is 0 Å². The topological polar surface area (TPSA) is 42.4 Å². The van der Waals surface area contributed by atoms with Crippen LogP contribution in [0, 0.1) is 11.7 Å². The largest absolute Gasteiger partial charge is 0.494 e. The minimum atomic E-state index is -0.509. The molecule has 2 aromatic rings. The van der Waals surface area contributed by atoms with Crippen LogP contribution in [0.2, 0.25) is 0 Å². The van der Waals surface area contributed by atoms with Gasteiger partial charge in [-0.1, -0.05) is 6.07 Å². The predicted octanol–water partition coefficient (Wildman–Crippen LogP) is 3.32. The number of piperidine rings is 1. The summed E-state index contributed by atoms with van der Waals surface area (Å²) in [4.78, 5) is 18.8. The fraction of sp³-hybridized carbons (Fsp3) is 0.368. The Morgan fingerprint density at radius 2 is 2.25 bits per heavy atom. The number of halogens is 1. The average Bonchev–Trinajstić information content (AvgIpc) is 2.62. The maximum atomic E-state index is 13.8. The van der Waals surface area contributed by atoms with Crippen LogP contribution in [-0.2, 0) is 6.42 Å². The third-order valence-electron chi connectivity index (χ3n) is 4.43. The van der Waals surface area contributed by atoms with Crippen molar-refractivity contribution in [3.05, 3.63) is 59.7 Å². The molecular weight excluding hydrogens is 307 g/mol. The average molecular weight is 328 g/mol. The Morgan fingerprint density at radius 3 is 2.96 bits per heavy atom. The quantitative estimate of drug-likeness (QED) is 0.864. The van der Waals surface area contributed by atoms with E-state index in [1.807, 2.05) is 23.1 Å². The van der Waals surface area contributed by atoms with Crippen LogP contribution in [0.3, 0.4) is 0 Å². The summed E-state index contributed by atoms with van der Waals surface area (Å²) >= 11 is 0. The van der Waals surface area contributed by atoms with E-state index in [1.165, 1.54) is 19.2 Å². The molecule has 3 rings (SSSR count). The highest BCUT2D eigenvalue weighted by atomic mass is 19.1. The fourth-order valence-corrected chi connectivity index (χ4v) is 3.21. The fourth-order valence-electron chi connectivity index (χ4n) is 3.21. The minimum Gasteiger partial charge on any atom is -0.494 e. The number of ether oxygens (including phenoxy) is 1. The van der Waals surface area contributed by atoms with E-state index in [0.717, 1.165) is 25.0 Å². The van der Waals surface area contributed by atoms with Crippen LogP contribution in [-0.4, -0.2) is 36.0 Å². The van der Waals surface area contributed by atoms with E-state index in [4.69, 9.17) is 4.74 Å². The van der Waals surface area contributed by atoms with Crippen molar-refractivity contribution in [3.63, 3.8) is 0 Å². The highest BCUT2D eigenvalue weighted by Gasteiger charge is 2.25. The van der Waals surface area contributed by atoms with Gasteiger partial charge in [0.1, 0.15) is 0 Å². The van der Waals surface area contributed by atoms with Gasteiger partial charge in [-0.05, 0) is 55.5 Å². The van der Waals surface area contributed by atoms with Crippen molar-refractivity contribution >= 4 is 5.91 Å². The Bertz CT molecular complexity index is 706. The number of pyridine rings is 1. The number of nitrogens with zero attached hydrogens (tertiary/aromatic N) is 2. The second kappa shape index (κ2) is 7.43. The molecule has 126 valence electrons. The molecule has 0 aliphatic carbocycles. The van der Waals surface area contributed by atoms with Gasteiger partial charge in [-0.15, -0.1) is 0 Å². The van der Waals surface area contributed by atoms with Crippen molar-refractivity contribution in [1.82, 2.24) is 9.88 Å². The Balaban J connectivity index is 1.67. The first-order chi connectivity index (χ1) is 11.7. The molecule has 1 aliphatic rings. The predicted molar refractivity (Wildman–Crippen MR) is 89.5 cm³/mol. The minimum absolute atomic E-state index is 0.123. The number of amides is 1. The smallest absolute Gasteiger partial charge is 0.253 e. The number of carbonyl (C=O) groups is 1. The van der Waals surface area contributed by atoms with Crippen molar-refractivity contribution < 1.29 is 13.9 Å². The zero-order valence-corrected chi connectivity index (χ0v) is 13.7. The van der Waals surface area contributed by atoms with Gasteiger partial charge in [0, 0.05) is 30.5 Å². The lowest BCUT2D eigenvalue weighted by molar-refractivity contribution is 0.0672. The molecule has 1 aromatic heterocycles. The van der Waals surface area contributed by atoms with Crippen molar-refractivity contribution in [2.24, 2.45) is 5.92 Å². The number of hydrogen-bond donors (Lipinski definition) is 0. The van der Waals surface area contributed by atoms with Gasteiger partial charge in [-0.2, -0.15) is 0 Å². The molecule has 4 nitrogen and oxygen atoms in total. The van der Waals surface area contributed by atoms with E-state index in [-0.39, 0.29) is 11.7 Å². The van der Waals surface area contributed by atoms with Gasteiger partial charge in [-0.3, -0.25) is 9.78 Å². The summed E-state index contributed by atoms with van der Waals surface area (Å²) in [5.41, 5.74) is 1.42. The lowest BCUT2D eigenvalue weighted by Gasteiger charge is -2.32. The van der Waals surface area contributed by atoms with Crippen molar-refractivity contribution in [2.45, 2.75) is 19.3 Å². The number of likely N-dealkylation sites (tertiary alicyclic amines) is 1. The highest BCUT2D eigenvalue weighted by Crippen LogP contribution is 2.23. The first-order valence-corrected chi connectivity index (χ1v) is 8.20. The second-order valence-corrected chi connectivity index (χ2v) is 6.13. The molecule has 0 bridgehead atoms. The molecule has 5 heteroatoms. The van der Waals surface area contributed by atoms with Crippen LogP contribution in [0.25, 0.3) is 0 Å². The molecule has 1 amide bonds. The molecule has 0 saturated carbocycles. The van der Waals surface area contributed by atoms with Crippen LogP contribution < -0.4 is 4.74 Å².